The van der Waals surface area contributed by atoms with Gasteiger partial charge in [-0.25, -0.2) is 0 Å². The first-order valence-electron chi connectivity index (χ1n) is 10.6. The molecule has 4 aromatic rings. The van der Waals surface area contributed by atoms with Crippen molar-refractivity contribution >= 4 is 28.4 Å². The molecule has 1 fully saturated rings. The monoisotopic (exact) mass is 423 g/mol. The zero-order chi connectivity index (χ0) is 21.9. The van der Waals surface area contributed by atoms with Crippen molar-refractivity contribution in [2.24, 2.45) is 7.05 Å². The number of benzene rings is 2. The number of aromatic nitrogens is 3. The molecule has 1 spiro atoms. The number of hydrogen-bond acceptors (Lipinski definition) is 4. The molecule has 32 heavy (non-hydrogen) atoms. The van der Waals surface area contributed by atoms with Crippen molar-refractivity contribution < 1.29 is 9.59 Å². The third-order valence-corrected chi connectivity index (χ3v) is 6.75. The van der Waals surface area contributed by atoms with E-state index in [1.54, 1.807) is 17.1 Å². The van der Waals surface area contributed by atoms with E-state index in [1.807, 2.05) is 72.7 Å². The van der Waals surface area contributed by atoms with E-state index >= 15 is 0 Å². The summed E-state index contributed by atoms with van der Waals surface area (Å²) in [4.78, 5) is 33.7. The summed E-state index contributed by atoms with van der Waals surface area (Å²) in [5.41, 5.74) is 2.95. The smallest absolute Gasteiger partial charge is 0.256 e. The second-order valence-electron chi connectivity index (χ2n) is 8.45. The standard InChI is InChI=1S/C25H21N5O2/c1-29-15-17(14-27-29)22-25(19-9-2-3-10-20(19)28-24(25)32)11-13-30(22)23(31)18-8-4-6-16-7-5-12-26-21(16)18/h2-10,12,14-15,22H,11,13H2,1H3,(H,28,32)/t22-,25+/m0/s1. The summed E-state index contributed by atoms with van der Waals surface area (Å²) in [7, 11) is 1.84. The molecule has 0 bridgehead atoms. The molecule has 2 aromatic carbocycles. The number of carbonyl (C=O) groups is 2. The lowest BCUT2D eigenvalue weighted by Crippen LogP contribution is -2.42. The summed E-state index contributed by atoms with van der Waals surface area (Å²) >= 11 is 0. The molecule has 2 aliphatic rings. The normalized spacial score (nSPS) is 21.8. The lowest BCUT2D eigenvalue weighted by atomic mass is 9.73. The molecule has 4 heterocycles. The van der Waals surface area contributed by atoms with E-state index in [0.29, 0.717) is 24.0 Å². The maximum absolute atomic E-state index is 13.9. The maximum Gasteiger partial charge on any atom is 0.256 e. The number of nitrogens with one attached hydrogen (secondary N) is 1. The van der Waals surface area contributed by atoms with Crippen LogP contribution in [0, 0.1) is 0 Å². The van der Waals surface area contributed by atoms with Gasteiger partial charge in [0.25, 0.3) is 5.91 Å². The number of fused-ring (bicyclic) bond motifs is 3. The Morgan fingerprint density at radius 1 is 1.12 bits per heavy atom. The van der Waals surface area contributed by atoms with Gasteiger partial charge in [0.2, 0.25) is 5.91 Å². The molecular weight excluding hydrogens is 402 g/mol. The predicted octanol–water partition coefficient (Wildman–Crippen LogP) is 3.45. The van der Waals surface area contributed by atoms with Crippen LogP contribution in [0.4, 0.5) is 5.69 Å². The first kappa shape index (κ1) is 18.7. The van der Waals surface area contributed by atoms with E-state index in [0.717, 1.165) is 22.2 Å². The zero-order valence-corrected chi connectivity index (χ0v) is 17.5. The number of carbonyl (C=O) groups excluding carboxylic acids is 2. The molecule has 0 radical (unpaired) electrons. The summed E-state index contributed by atoms with van der Waals surface area (Å²) in [6.07, 6.45) is 5.89. The Morgan fingerprint density at radius 3 is 2.81 bits per heavy atom. The second kappa shape index (κ2) is 6.75. The van der Waals surface area contributed by atoms with Gasteiger partial charge in [-0.05, 0) is 30.2 Å². The van der Waals surface area contributed by atoms with Gasteiger partial charge in [0, 0.05) is 42.6 Å². The fourth-order valence-electron chi connectivity index (χ4n) is 5.38. The number of para-hydroxylation sites is 2. The second-order valence-corrected chi connectivity index (χ2v) is 8.45. The van der Waals surface area contributed by atoms with Crippen LogP contribution in [0.25, 0.3) is 10.9 Å². The highest BCUT2D eigenvalue weighted by Crippen LogP contribution is 2.55. The SMILES string of the molecule is Cn1cc([C@@H]2N(C(=O)c3cccc4cccnc34)CC[C@]23C(=O)Nc2ccccc23)cn1. The third kappa shape index (κ3) is 2.48. The first-order valence-corrected chi connectivity index (χ1v) is 10.6. The number of rotatable bonds is 2. The average molecular weight is 423 g/mol. The molecule has 1 saturated heterocycles. The first-order chi connectivity index (χ1) is 15.6. The van der Waals surface area contributed by atoms with Crippen LogP contribution in [0.1, 0.15) is 33.9 Å². The van der Waals surface area contributed by atoms with Gasteiger partial charge >= 0.3 is 0 Å². The maximum atomic E-state index is 13.9. The van der Waals surface area contributed by atoms with Crippen molar-refractivity contribution in [1.29, 1.82) is 0 Å². The Hall–Kier alpha value is -4.00. The topological polar surface area (TPSA) is 80.1 Å². The highest BCUT2D eigenvalue weighted by molar-refractivity contribution is 6.10. The van der Waals surface area contributed by atoms with Crippen LogP contribution in [-0.2, 0) is 17.3 Å². The number of hydrogen-bond donors (Lipinski definition) is 1. The highest BCUT2D eigenvalue weighted by Gasteiger charge is 2.59. The molecule has 2 aromatic heterocycles. The van der Waals surface area contributed by atoms with Crippen LogP contribution >= 0.6 is 0 Å². The van der Waals surface area contributed by atoms with E-state index < -0.39 is 11.5 Å². The van der Waals surface area contributed by atoms with Crippen molar-refractivity contribution in [2.75, 3.05) is 11.9 Å². The Kier molecular flexibility index (Phi) is 3.95. The minimum absolute atomic E-state index is 0.0705. The van der Waals surface area contributed by atoms with Gasteiger partial charge in [-0.3, -0.25) is 19.3 Å². The van der Waals surface area contributed by atoms with Gasteiger partial charge in [-0.15, -0.1) is 0 Å². The quantitative estimate of drug-likeness (QED) is 0.536. The molecule has 2 atom stereocenters. The minimum atomic E-state index is -0.854. The van der Waals surface area contributed by atoms with Crippen molar-refractivity contribution in [3.8, 4) is 0 Å². The van der Waals surface area contributed by atoms with Gasteiger partial charge in [-0.1, -0.05) is 36.4 Å². The molecular formula is C25H21N5O2. The van der Waals surface area contributed by atoms with E-state index in [1.165, 1.54) is 0 Å². The van der Waals surface area contributed by atoms with Gasteiger partial charge in [0.15, 0.2) is 0 Å². The number of amides is 2. The number of pyridine rings is 1. The summed E-state index contributed by atoms with van der Waals surface area (Å²) in [6, 6.07) is 16.7. The van der Waals surface area contributed by atoms with Crippen molar-refractivity contribution in [1.82, 2.24) is 19.7 Å². The Bertz CT molecular complexity index is 1390. The van der Waals surface area contributed by atoms with Gasteiger partial charge in [-0.2, -0.15) is 5.10 Å². The van der Waals surface area contributed by atoms with Gasteiger partial charge in [0.1, 0.15) is 5.41 Å². The van der Waals surface area contributed by atoms with Crippen LogP contribution in [0.15, 0.2) is 73.2 Å². The fourth-order valence-corrected chi connectivity index (χ4v) is 5.38. The Balaban J connectivity index is 1.53. The third-order valence-electron chi connectivity index (χ3n) is 6.75. The zero-order valence-electron chi connectivity index (χ0n) is 17.5. The lowest BCUT2D eigenvalue weighted by molar-refractivity contribution is -0.121. The van der Waals surface area contributed by atoms with Crippen LogP contribution < -0.4 is 5.32 Å². The fraction of sp³-hybridized carbons (Fsp3) is 0.200. The molecule has 0 aliphatic carbocycles. The predicted molar refractivity (Wildman–Crippen MR) is 120 cm³/mol. The summed E-state index contributed by atoms with van der Waals surface area (Å²) in [5.74, 6) is -0.198. The lowest BCUT2D eigenvalue weighted by Gasteiger charge is -2.33. The van der Waals surface area contributed by atoms with E-state index in [4.69, 9.17) is 0 Å². The summed E-state index contributed by atoms with van der Waals surface area (Å²) in [6.45, 7) is 0.462. The van der Waals surface area contributed by atoms with Crippen molar-refractivity contribution in [3.63, 3.8) is 0 Å². The molecule has 1 N–H and O–H groups in total. The van der Waals surface area contributed by atoms with Crippen molar-refractivity contribution in [3.05, 3.63) is 89.9 Å². The minimum Gasteiger partial charge on any atom is -0.330 e. The average Bonchev–Trinajstić information content (AvgIpc) is 3.50. The van der Waals surface area contributed by atoms with E-state index in [2.05, 4.69) is 15.4 Å². The van der Waals surface area contributed by atoms with E-state index in [-0.39, 0.29) is 11.8 Å². The highest BCUT2D eigenvalue weighted by atomic mass is 16.2. The van der Waals surface area contributed by atoms with Gasteiger partial charge in [0.05, 0.1) is 23.3 Å². The van der Waals surface area contributed by atoms with E-state index in [9.17, 15) is 9.59 Å². The Labute approximate surface area is 184 Å². The number of nitrogens with zero attached hydrogens (tertiary/aromatic N) is 4. The summed E-state index contributed by atoms with van der Waals surface area (Å²) < 4.78 is 1.71. The number of anilines is 1. The molecule has 6 rings (SSSR count). The van der Waals surface area contributed by atoms with Gasteiger partial charge < -0.3 is 10.2 Å². The molecule has 2 amide bonds. The molecule has 7 nitrogen and oxygen atoms in total. The van der Waals surface area contributed by atoms with Crippen LogP contribution in [0.2, 0.25) is 0 Å². The number of aryl methyl sites for hydroxylation is 1. The van der Waals surface area contributed by atoms with Crippen LogP contribution in [-0.4, -0.2) is 38.0 Å². The van der Waals surface area contributed by atoms with Crippen molar-refractivity contribution in [2.45, 2.75) is 17.9 Å². The number of likely N-dealkylation sites (tertiary alicyclic amines) is 1. The molecule has 2 aliphatic heterocycles. The summed E-state index contributed by atoms with van der Waals surface area (Å²) in [5, 5.41) is 8.31. The van der Waals surface area contributed by atoms with Crippen LogP contribution in [0.5, 0.6) is 0 Å². The largest absolute Gasteiger partial charge is 0.330 e. The Morgan fingerprint density at radius 2 is 1.97 bits per heavy atom. The van der Waals surface area contributed by atoms with Crippen LogP contribution in [0.3, 0.4) is 0 Å². The molecule has 7 heteroatoms. The molecule has 0 unspecified atom stereocenters. The molecule has 158 valence electrons. The molecule has 0 saturated carbocycles.